The number of halogens is 2. The number of pyridine rings is 1. The summed E-state index contributed by atoms with van der Waals surface area (Å²) in [4.78, 5) is 57.4. The van der Waals surface area contributed by atoms with Crippen LogP contribution in [0.4, 0.5) is 13.6 Å². The normalized spacial score (nSPS) is 17.4. The Morgan fingerprint density at radius 2 is 1.91 bits per heavy atom. The topological polar surface area (TPSA) is 167 Å². The van der Waals surface area contributed by atoms with E-state index in [0.29, 0.717) is 35.1 Å². The summed E-state index contributed by atoms with van der Waals surface area (Å²) >= 11 is 1.16. The first-order valence-corrected chi connectivity index (χ1v) is 18.8. The van der Waals surface area contributed by atoms with Crippen molar-refractivity contribution in [2.75, 3.05) is 40.2 Å². The average molecular weight is 786 g/mol. The molecule has 1 aliphatic carbocycles. The van der Waals surface area contributed by atoms with E-state index in [1.165, 1.54) is 4.90 Å². The van der Waals surface area contributed by atoms with Gasteiger partial charge in [-0.3, -0.25) is 19.1 Å². The maximum Gasteiger partial charge on any atom is 0.407 e. The molecule has 14 nitrogen and oxygen atoms in total. The summed E-state index contributed by atoms with van der Waals surface area (Å²) in [6, 6.07) is 10.7. The molecule has 296 valence electrons. The lowest BCUT2D eigenvalue weighted by Crippen LogP contribution is -2.54. The van der Waals surface area contributed by atoms with Crippen LogP contribution in [0.15, 0.2) is 42.5 Å². The molecule has 2 aliphatic heterocycles. The molecule has 3 N–H and O–H groups in total. The Balaban J connectivity index is 0.972. The van der Waals surface area contributed by atoms with E-state index in [1.807, 2.05) is 63.2 Å². The predicted molar refractivity (Wildman–Crippen MR) is 199 cm³/mol. The van der Waals surface area contributed by atoms with Gasteiger partial charge in [-0.25, -0.2) is 18.6 Å². The molecular formula is C38H45F2N5O9S. The number of alkyl halides is 2. The van der Waals surface area contributed by atoms with Crippen LogP contribution in [0, 0.1) is 5.41 Å². The minimum Gasteiger partial charge on any atom is -0.493 e. The third-order valence-electron chi connectivity index (χ3n) is 9.51. The molecule has 1 aromatic heterocycles. The maximum atomic E-state index is 13.3. The van der Waals surface area contributed by atoms with Crippen molar-refractivity contribution in [2.24, 2.45) is 5.41 Å². The highest BCUT2D eigenvalue weighted by Crippen LogP contribution is 2.46. The van der Waals surface area contributed by atoms with Crippen molar-refractivity contribution in [1.29, 1.82) is 0 Å². The van der Waals surface area contributed by atoms with Gasteiger partial charge in [0.25, 0.3) is 5.91 Å². The Hall–Kier alpha value is -5.06. The minimum absolute atomic E-state index is 0.0367. The van der Waals surface area contributed by atoms with Gasteiger partial charge in [-0.2, -0.15) is 0 Å². The molecule has 2 aromatic carbocycles. The lowest BCUT2D eigenvalue weighted by Gasteiger charge is -2.27. The molecule has 3 heterocycles. The van der Waals surface area contributed by atoms with Crippen molar-refractivity contribution in [3.8, 4) is 34.3 Å². The molecule has 0 spiro atoms. The van der Waals surface area contributed by atoms with E-state index >= 15 is 0 Å². The van der Waals surface area contributed by atoms with Crippen molar-refractivity contribution in [3.63, 3.8) is 0 Å². The summed E-state index contributed by atoms with van der Waals surface area (Å²) in [5, 5.41) is 5.69. The number of likely N-dealkylation sites (tertiary alicyclic amines) is 1. The van der Waals surface area contributed by atoms with Crippen LogP contribution in [0.1, 0.15) is 52.9 Å². The summed E-state index contributed by atoms with van der Waals surface area (Å²) < 4.78 is 57.3. The third-order valence-corrected chi connectivity index (χ3v) is 10.7. The van der Waals surface area contributed by atoms with Gasteiger partial charge in [0.15, 0.2) is 11.5 Å². The van der Waals surface area contributed by atoms with Gasteiger partial charge in [-0.15, -0.1) is 0 Å². The van der Waals surface area contributed by atoms with Gasteiger partial charge in [0.1, 0.15) is 36.5 Å². The molecular weight excluding hydrogens is 741 g/mol. The molecule has 2 fully saturated rings. The molecule has 2 unspecified atom stereocenters. The van der Waals surface area contributed by atoms with Gasteiger partial charge in [0, 0.05) is 34.1 Å². The first-order valence-electron chi connectivity index (χ1n) is 18.0. The van der Waals surface area contributed by atoms with Crippen LogP contribution < -0.4 is 34.3 Å². The number of hydrogen-bond donors (Lipinski definition) is 3. The number of benzene rings is 2. The third kappa shape index (κ3) is 9.98. The Kier molecular flexibility index (Phi) is 12.1. The van der Waals surface area contributed by atoms with E-state index in [-0.39, 0.29) is 37.7 Å². The number of carbonyl (C=O) groups excluding carboxylic acids is 4. The van der Waals surface area contributed by atoms with E-state index in [1.54, 1.807) is 7.11 Å². The maximum absolute atomic E-state index is 13.3. The van der Waals surface area contributed by atoms with Crippen molar-refractivity contribution >= 4 is 46.7 Å². The van der Waals surface area contributed by atoms with E-state index in [9.17, 15) is 28.0 Å². The summed E-state index contributed by atoms with van der Waals surface area (Å²) in [6.45, 7) is 5.73. The number of fused-ring (bicyclic) bond motifs is 3. The van der Waals surface area contributed by atoms with Crippen molar-refractivity contribution in [2.45, 2.75) is 76.1 Å². The summed E-state index contributed by atoms with van der Waals surface area (Å²) in [5.74, 6) is 0.214. The van der Waals surface area contributed by atoms with Crippen LogP contribution in [0.5, 0.6) is 23.1 Å². The standard InChI is InChI=1S/C38H45F2N5O9S/c1-37(2,19-51-24-8-5-7-22(15-24)25-16-23-10-11-28-32(54-21-53-28)31(23)43-35(25)50-4)20-52-36(49)41-18-30(46)45-14-6-9-27(45)34(48)42-26(17-29(39)40)33(47)44-55-38(3)12-13-38/h5,7-8,10-11,15-16,26-27,29H,6,9,12-14,17-21H2,1-4H3,(H,41,49)(H,42,48)(H,44,47). The number of alkyl carbamates (subject to hydrolysis) is 1. The van der Waals surface area contributed by atoms with Crippen molar-refractivity contribution in [1.82, 2.24) is 25.2 Å². The van der Waals surface area contributed by atoms with Gasteiger partial charge in [-0.05, 0) is 80.5 Å². The first-order chi connectivity index (χ1) is 26.2. The fourth-order valence-electron chi connectivity index (χ4n) is 6.12. The van der Waals surface area contributed by atoms with Crippen LogP contribution in [0.2, 0.25) is 0 Å². The van der Waals surface area contributed by atoms with Gasteiger partial charge in [0.2, 0.25) is 30.9 Å². The average Bonchev–Trinajstić information content (AvgIpc) is 3.51. The highest BCUT2D eigenvalue weighted by Gasteiger charge is 2.41. The number of nitrogens with zero attached hydrogens (tertiary/aromatic N) is 2. The Morgan fingerprint density at radius 1 is 1.11 bits per heavy atom. The second-order valence-electron chi connectivity index (χ2n) is 14.8. The van der Waals surface area contributed by atoms with E-state index < -0.39 is 60.7 Å². The second kappa shape index (κ2) is 16.8. The molecule has 6 rings (SSSR count). The Bertz CT molecular complexity index is 1930. The molecule has 2 atom stereocenters. The van der Waals surface area contributed by atoms with Crippen LogP contribution in [-0.4, -0.2) is 97.2 Å². The fraction of sp³-hybridized carbons (Fsp3) is 0.500. The van der Waals surface area contributed by atoms with E-state index in [4.69, 9.17) is 28.7 Å². The van der Waals surface area contributed by atoms with Gasteiger partial charge < -0.3 is 39.2 Å². The number of ether oxygens (including phenoxy) is 5. The smallest absolute Gasteiger partial charge is 0.407 e. The SMILES string of the molecule is COc1nc2c3c(ccc2cc1-c1cccc(OCC(C)(C)COC(=O)NCC(=O)N2CCCC2C(=O)NC(CC(F)F)C(=O)NSC2(C)CC2)c1)OCO3. The molecule has 3 aliphatic rings. The largest absolute Gasteiger partial charge is 0.493 e. The lowest BCUT2D eigenvalue weighted by atomic mass is 9.96. The molecule has 4 amide bonds. The molecule has 0 bridgehead atoms. The summed E-state index contributed by atoms with van der Waals surface area (Å²) in [7, 11) is 1.55. The van der Waals surface area contributed by atoms with Crippen LogP contribution >= 0.6 is 11.9 Å². The first kappa shape index (κ1) is 39.6. The monoisotopic (exact) mass is 785 g/mol. The molecule has 1 saturated heterocycles. The van der Waals surface area contributed by atoms with Gasteiger partial charge in [0.05, 0.1) is 13.7 Å². The molecule has 55 heavy (non-hydrogen) atoms. The van der Waals surface area contributed by atoms with Crippen molar-refractivity contribution in [3.05, 3.63) is 42.5 Å². The van der Waals surface area contributed by atoms with Crippen LogP contribution in [0.3, 0.4) is 0 Å². The highest BCUT2D eigenvalue weighted by atomic mass is 32.2. The van der Waals surface area contributed by atoms with E-state index in [0.717, 1.165) is 41.3 Å². The number of rotatable bonds is 16. The number of methoxy groups -OCH3 is 1. The molecule has 3 aromatic rings. The second-order valence-corrected chi connectivity index (χ2v) is 16.2. The predicted octanol–water partition coefficient (Wildman–Crippen LogP) is 5.22. The van der Waals surface area contributed by atoms with Crippen molar-refractivity contribution < 1.29 is 51.6 Å². The summed E-state index contributed by atoms with van der Waals surface area (Å²) in [6.07, 6.45) is -1.95. The Morgan fingerprint density at radius 3 is 2.65 bits per heavy atom. The quantitative estimate of drug-likeness (QED) is 0.163. The number of carbonyl (C=O) groups is 4. The zero-order chi connectivity index (χ0) is 39.3. The lowest BCUT2D eigenvalue weighted by molar-refractivity contribution is -0.139. The fourth-order valence-corrected chi connectivity index (χ4v) is 6.91. The summed E-state index contributed by atoms with van der Waals surface area (Å²) in [5.41, 5.74) is 1.58. The molecule has 17 heteroatoms. The number of hydrogen-bond acceptors (Lipinski definition) is 11. The molecule has 0 radical (unpaired) electrons. The minimum atomic E-state index is -2.83. The van der Waals surface area contributed by atoms with Crippen LogP contribution in [-0.2, 0) is 19.1 Å². The Labute approximate surface area is 321 Å². The van der Waals surface area contributed by atoms with Gasteiger partial charge in [-0.1, -0.05) is 26.0 Å². The zero-order valence-electron chi connectivity index (χ0n) is 31.1. The number of amides is 4. The number of nitrogens with one attached hydrogen (secondary N) is 3. The van der Waals surface area contributed by atoms with E-state index in [2.05, 4.69) is 15.4 Å². The van der Waals surface area contributed by atoms with Gasteiger partial charge >= 0.3 is 6.09 Å². The number of aromatic nitrogens is 1. The zero-order valence-corrected chi connectivity index (χ0v) is 31.9. The highest BCUT2D eigenvalue weighted by molar-refractivity contribution is 7.99. The molecule has 1 saturated carbocycles. The van der Waals surface area contributed by atoms with Crippen LogP contribution in [0.25, 0.3) is 22.0 Å².